The summed E-state index contributed by atoms with van der Waals surface area (Å²) in [6, 6.07) is 9.30. The molecule has 3 aromatic heterocycles. The summed E-state index contributed by atoms with van der Waals surface area (Å²) in [6.45, 7) is 8.51. The molecule has 160 valence electrons. The second kappa shape index (κ2) is 7.94. The second-order valence-corrected chi connectivity index (χ2v) is 8.63. The van der Waals surface area contributed by atoms with Crippen molar-refractivity contribution in [1.82, 2.24) is 25.2 Å². The average Bonchev–Trinajstić information content (AvgIpc) is 3.36. The summed E-state index contributed by atoms with van der Waals surface area (Å²) >= 11 is 0. The van der Waals surface area contributed by atoms with E-state index in [0.29, 0.717) is 34.4 Å². The van der Waals surface area contributed by atoms with Gasteiger partial charge in [-0.05, 0) is 48.7 Å². The molecule has 4 rings (SSSR count). The molecule has 0 aliphatic heterocycles. The average molecular weight is 421 g/mol. The lowest BCUT2D eigenvalue weighted by molar-refractivity contribution is 0.0892. The van der Waals surface area contributed by atoms with Crippen LogP contribution in [0, 0.1) is 18.2 Å². The van der Waals surface area contributed by atoms with E-state index < -0.39 is 0 Å². The molecule has 0 radical (unpaired) electrons. The Kier molecular flexibility index (Phi) is 5.31. The number of aromatic nitrogens is 4. The number of benzene rings is 1. The fraction of sp³-hybridized carbons (Fsp3) is 0.304. The van der Waals surface area contributed by atoms with Crippen LogP contribution in [0.4, 0.5) is 4.39 Å². The molecule has 31 heavy (non-hydrogen) atoms. The summed E-state index contributed by atoms with van der Waals surface area (Å²) < 4.78 is 20.5. The lowest BCUT2D eigenvalue weighted by Gasteiger charge is -2.31. The summed E-state index contributed by atoms with van der Waals surface area (Å²) in [7, 11) is 0. The zero-order valence-electron chi connectivity index (χ0n) is 17.9. The van der Waals surface area contributed by atoms with Gasteiger partial charge < -0.3 is 9.84 Å². The number of carbonyl (C=O) groups excluding carboxylic acids is 1. The van der Waals surface area contributed by atoms with Gasteiger partial charge in [-0.15, -0.1) is 0 Å². The predicted octanol–water partition coefficient (Wildman–Crippen LogP) is 4.38. The molecular formula is C23H24FN5O2. The first-order valence-corrected chi connectivity index (χ1v) is 10.0. The molecule has 0 saturated carbocycles. The van der Waals surface area contributed by atoms with E-state index in [9.17, 15) is 9.18 Å². The fourth-order valence-electron chi connectivity index (χ4n) is 3.41. The van der Waals surface area contributed by atoms with Crippen molar-refractivity contribution in [3.8, 4) is 11.3 Å². The molecule has 8 heteroatoms. The van der Waals surface area contributed by atoms with Gasteiger partial charge in [0, 0.05) is 18.0 Å². The van der Waals surface area contributed by atoms with Gasteiger partial charge in [0.25, 0.3) is 11.6 Å². The van der Waals surface area contributed by atoms with E-state index in [1.54, 1.807) is 36.0 Å². The van der Waals surface area contributed by atoms with Gasteiger partial charge in [-0.3, -0.25) is 9.48 Å². The minimum Gasteiger partial charge on any atom is -0.347 e. The van der Waals surface area contributed by atoms with Gasteiger partial charge in [-0.2, -0.15) is 5.10 Å². The van der Waals surface area contributed by atoms with Crippen molar-refractivity contribution in [2.45, 2.75) is 40.3 Å². The first-order valence-electron chi connectivity index (χ1n) is 10.0. The summed E-state index contributed by atoms with van der Waals surface area (Å²) in [5, 5.41) is 12.0. The van der Waals surface area contributed by atoms with Gasteiger partial charge in [-0.25, -0.2) is 9.37 Å². The first kappa shape index (κ1) is 20.7. The van der Waals surface area contributed by atoms with Crippen molar-refractivity contribution in [1.29, 1.82) is 0 Å². The highest BCUT2D eigenvalue weighted by molar-refractivity contribution is 6.07. The number of nitrogens with one attached hydrogen (secondary N) is 1. The Bertz CT molecular complexity index is 1210. The third-order valence-electron chi connectivity index (χ3n) is 5.28. The van der Waals surface area contributed by atoms with Gasteiger partial charge in [0.05, 0.1) is 34.9 Å². The molecule has 3 heterocycles. The Hall–Kier alpha value is -3.55. The lowest BCUT2D eigenvalue weighted by Crippen LogP contribution is -2.46. The standard InChI is InChI=1S/C23H24FN5O2/c1-14-20-17(21(30)27-19(23(2,3)4)13-29-11-5-10-25-29)12-18(26-22(20)31-28-14)15-6-8-16(24)9-7-15/h5-12,19H,13H2,1-4H3,(H,27,30). The molecule has 0 bridgehead atoms. The number of nitrogens with zero attached hydrogens (tertiary/aromatic N) is 4. The Morgan fingerprint density at radius 1 is 1.26 bits per heavy atom. The normalized spacial score (nSPS) is 12.8. The number of fused-ring (bicyclic) bond motifs is 1. The van der Waals surface area contributed by atoms with Crippen LogP contribution < -0.4 is 5.32 Å². The molecule has 1 N–H and O–H groups in total. The van der Waals surface area contributed by atoms with E-state index in [4.69, 9.17) is 4.52 Å². The first-order chi connectivity index (χ1) is 14.7. The molecule has 1 atom stereocenters. The Balaban J connectivity index is 1.73. The second-order valence-electron chi connectivity index (χ2n) is 8.63. The van der Waals surface area contributed by atoms with Crippen LogP contribution in [-0.4, -0.2) is 31.9 Å². The third-order valence-corrected chi connectivity index (χ3v) is 5.28. The zero-order valence-corrected chi connectivity index (χ0v) is 17.9. The molecule has 0 fully saturated rings. The quantitative estimate of drug-likeness (QED) is 0.517. The molecule has 0 aliphatic rings. The predicted molar refractivity (Wildman–Crippen MR) is 115 cm³/mol. The van der Waals surface area contributed by atoms with E-state index in [2.05, 4.69) is 41.3 Å². The van der Waals surface area contributed by atoms with Crippen LogP contribution in [0.5, 0.6) is 0 Å². The van der Waals surface area contributed by atoms with Gasteiger partial charge >= 0.3 is 0 Å². The molecular weight excluding hydrogens is 397 g/mol. The summed E-state index contributed by atoms with van der Waals surface area (Å²) in [4.78, 5) is 17.9. The van der Waals surface area contributed by atoms with E-state index in [0.717, 1.165) is 0 Å². The third kappa shape index (κ3) is 4.33. The summed E-state index contributed by atoms with van der Waals surface area (Å²) in [6.07, 6.45) is 3.58. The van der Waals surface area contributed by atoms with Gasteiger partial charge in [0.15, 0.2) is 0 Å². The minimum atomic E-state index is -0.343. The smallest absolute Gasteiger partial charge is 0.259 e. The van der Waals surface area contributed by atoms with Crippen LogP contribution in [-0.2, 0) is 6.54 Å². The van der Waals surface area contributed by atoms with Gasteiger partial charge in [0.1, 0.15) is 5.82 Å². The van der Waals surface area contributed by atoms with E-state index >= 15 is 0 Å². The van der Waals surface area contributed by atoms with Crippen LogP contribution in [0.1, 0.15) is 36.8 Å². The number of rotatable bonds is 5. The summed E-state index contributed by atoms with van der Waals surface area (Å²) in [5.74, 6) is -0.598. The molecule has 1 amide bonds. The molecule has 0 aliphatic carbocycles. The molecule has 0 spiro atoms. The van der Waals surface area contributed by atoms with Crippen LogP contribution >= 0.6 is 0 Å². The maximum atomic E-state index is 13.4. The Morgan fingerprint density at radius 3 is 2.65 bits per heavy atom. The van der Waals surface area contributed by atoms with Crippen molar-refractivity contribution >= 4 is 17.0 Å². The van der Waals surface area contributed by atoms with Crippen LogP contribution in [0.2, 0.25) is 0 Å². The van der Waals surface area contributed by atoms with E-state index in [1.165, 1.54) is 12.1 Å². The molecule has 0 saturated heterocycles. The van der Waals surface area contributed by atoms with Crippen molar-refractivity contribution in [3.63, 3.8) is 0 Å². The topological polar surface area (TPSA) is 85.8 Å². The molecule has 1 aromatic carbocycles. The van der Waals surface area contributed by atoms with Crippen LogP contribution in [0.3, 0.4) is 0 Å². The summed E-state index contributed by atoms with van der Waals surface area (Å²) in [5.41, 5.74) is 2.24. The Labute approximate surface area is 179 Å². The number of hydrogen-bond acceptors (Lipinski definition) is 5. The highest BCUT2D eigenvalue weighted by Gasteiger charge is 2.29. The largest absolute Gasteiger partial charge is 0.347 e. The van der Waals surface area contributed by atoms with E-state index in [1.807, 2.05) is 12.3 Å². The molecule has 1 unspecified atom stereocenters. The number of carbonyl (C=O) groups is 1. The van der Waals surface area contributed by atoms with Crippen molar-refractivity contribution in [2.24, 2.45) is 5.41 Å². The zero-order chi connectivity index (χ0) is 22.2. The monoisotopic (exact) mass is 421 g/mol. The highest BCUT2D eigenvalue weighted by atomic mass is 19.1. The van der Waals surface area contributed by atoms with Crippen molar-refractivity contribution in [3.05, 3.63) is 65.9 Å². The minimum absolute atomic E-state index is 0.183. The lowest BCUT2D eigenvalue weighted by atomic mass is 9.86. The Morgan fingerprint density at radius 2 is 2.00 bits per heavy atom. The van der Waals surface area contributed by atoms with Gasteiger partial charge in [0.2, 0.25) is 0 Å². The SMILES string of the molecule is Cc1noc2nc(-c3ccc(F)cc3)cc(C(=O)NC(Cn3cccn3)C(C)(C)C)c12. The number of hydrogen-bond donors (Lipinski definition) is 1. The number of pyridine rings is 1. The van der Waals surface area contributed by atoms with E-state index in [-0.39, 0.29) is 28.9 Å². The number of amides is 1. The van der Waals surface area contributed by atoms with Gasteiger partial charge in [-0.1, -0.05) is 25.9 Å². The van der Waals surface area contributed by atoms with Crippen LogP contribution in [0.15, 0.2) is 53.3 Å². The number of aryl methyl sites for hydroxylation is 1. The fourth-order valence-corrected chi connectivity index (χ4v) is 3.41. The highest BCUT2D eigenvalue weighted by Crippen LogP contribution is 2.28. The maximum Gasteiger partial charge on any atom is 0.259 e. The molecule has 7 nitrogen and oxygen atoms in total. The maximum absolute atomic E-state index is 13.4. The molecule has 4 aromatic rings. The van der Waals surface area contributed by atoms with Crippen molar-refractivity contribution < 1.29 is 13.7 Å². The number of halogens is 1. The van der Waals surface area contributed by atoms with Crippen LogP contribution in [0.25, 0.3) is 22.4 Å². The van der Waals surface area contributed by atoms with Crippen molar-refractivity contribution in [2.75, 3.05) is 0 Å².